The molecule has 3 rings (SSSR count). The van der Waals surface area contributed by atoms with Crippen LogP contribution in [0.5, 0.6) is 0 Å². The number of nitrogens with zero attached hydrogens (tertiary/aromatic N) is 2. The lowest BCUT2D eigenvalue weighted by molar-refractivity contribution is -0.158. The Bertz CT molecular complexity index is 862. The zero-order chi connectivity index (χ0) is 20.3. The summed E-state index contributed by atoms with van der Waals surface area (Å²) in [5.74, 6) is -1.02. The molecule has 0 aliphatic carbocycles. The maximum Gasteiger partial charge on any atom is 0.312 e. The van der Waals surface area contributed by atoms with Crippen LogP contribution in [0.15, 0.2) is 40.9 Å². The Balaban J connectivity index is 1.75. The van der Waals surface area contributed by atoms with Crippen molar-refractivity contribution in [1.82, 2.24) is 10.1 Å². The Kier molecular flexibility index (Phi) is 5.77. The van der Waals surface area contributed by atoms with Crippen molar-refractivity contribution >= 4 is 23.6 Å². The van der Waals surface area contributed by atoms with Gasteiger partial charge in [0, 0.05) is 30.6 Å². The summed E-state index contributed by atoms with van der Waals surface area (Å²) < 4.78 is 10.5. The first-order valence-electron chi connectivity index (χ1n) is 9.14. The number of nitrogens with one attached hydrogen (secondary N) is 1. The molecule has 1 fully saturated rings. The summed E-state index contributed by atoms with van der Waals surface area (Å²) >= 11 is 0. The number of carbonyl (C=O) groups is 3. The number of aromatic nitrogens is 1. The average molecular weight is 385 g/mol. The van der Waals surface area contributed by atoms with Gasteiger partial charge in [0.1, 0.15) is 5.76 Å². The molecule has 2 atom stereocenters. The molecular weight excluding hydrogens is 362 g/mol. The number of hydrogen-bond acceptors (Lipinski definition) is 6. The molecule has 1 aromatic heterocycles. The molecule has 0 bridgehead atoms. The van der Waals surface area contributed by atoms with Crippen LogP contribution in [0.25, 0.3) is 0 Å². The molecule has 2 aromatic rings. The highest BCUT2D eigenvalue weighted by atomic mass is 16.5. The largest absolute Gasteiger partial charge is 0.447 e. The third-order valence-electron chi connectivity index (χ3n) is 4.57. The summed E-state index contributed by atoms with van der Waals surface area (Å²) in [7, 11) is 0. The normalized spacial score (nSPS) is 17.6. The van der Waals surface area contributed by atoms with E-state index in [9.17, 15) is 14.4 Å². The highest BCUT2D eigenvalue weighted by Gasteiger charge is 2.38. The summed E-state index contributed by atoms with van der Waals surface area (Å²) in [5, 5.41) is 6.32. The van der Waals surface area contributed by atoms with Crippen LogP contribution in [0.4, 0.5) is 5.82 Å². The van der Waals surface area contributed by atoms with Gasteiger partial charge in [-0.2, -0.15) is 0 Å². The zero-order valence-electron chi connectivity index (χ0n) is 16.0. The van der Waals surface area contributed by atoms with Crippen LogP contribution in [0, 0.1) is 12.8 Å². The van der Waals surface area contributed by atoms with Crippen LogP contribution >= 0.6 is 0 Å². The van der Waals surface area contributed by atoms with E-state index in [4.69, 9.17) is 9.26 Å². The van der Waals surface area contributed by atoms with Gasteiger partial charge in [-0.3, -0.25) is 14.4 Å². The fourth-order valence-corrected chi connectivity index (χ4v) is 3.12. The maximum absolute atomic E-state index is 12.8. The SMILES string of the molecule is Cc1cc(NC(=O)C(OC(=O)C2CC(=O)N(C(C)C)C2)c2ccccc2)no1. The van der Waals surface area contributed by atoms with E-state index in [1.807, 2.05) is 13.8 Å². The second kappa shape index (κ2) is 8.24. The minimum atomic E-state index is -1.16. The highest BCUT2D eigenvalue weighted by molar-refractivity contribution is 5.96. The second-order valence-electron chi connectivity index (χ2n) is 7.08. The fourth-order valence-electron chi connectivity index (χ4n) is 3.12. The Morgan fingerprint density at radius 1 is 1.29 bits per heavy atom. The standard InChI is InChI=1S/C20H23N3O5/c1-12(2)23-11-15(10-17(23)24)20(26)27-18(14-7-5-4-6-8-14)19(25)21-16-9-13(3)28-22-16/h4-9,12,15,18H,10-11H2,1-3H3,(H,21,22,25). The Labute approximate surface area is 162 Å². The molecule has 0 radical (unpaired) electrons. The third kappa shape index (κ3) is 4.39. The Morgan fingerprint density at radius 2 is 2.00 bits per heavy atom. The van der Waals surface area contributed by atoms with E-state index >= 15 is 0 Å². The summed E-state index contributed by atoms with van der Waals surface area (Å²) in [6, 6.07) is 10.3. The van der Waals surface area contributed by atoms with Gasteiger partial charge in [-0.25, -0.2) is 0 Å². The summed E-state index contributed by atoms with van der Waals surface area (Å²) in [5.41, 5.74) is 0.526. The number of aryl methyl sites for hydroxylation is 1. The van der Waals surface area contributed by atoms with Crippen LogP contribution < -0.4 is 5.32 Å². The first kappa shape index (κ1) is 19.6. The van der Waals surface area contributed by atoms with Crippen LogP contribution in [0.2, 0.25) is 0 Å². The number of ether oxygens (including phenoxy) is 1. The van der Waals surface area contributed by atoms with E-state index < -0.39 is 23.9 Å². The molecule has 28 heavy (non-hydrogen) atoms. The van der Waals surface area contributed by atoms with E-state index in [-0.39, 0.29) is 24.2 Å². The van der Waals surface area contributed by atoms with Crippen LogP contribution in [-0.2, 0) is 19.1 Å². The molecule has 2 amide bonds. The molecule has 1 N–H and O–H groups in total. The summed E-state index contributed by atoms with van der Waals surface area (Å²) in [4.78, 5) is 39.2. The zero-order valence-corrected chi connectivity index (χ0v) is 16.0. The quantitative estimate of drug-likeness (QED) is 0.767. The lowest BCUT2D eigenvalue weighted by Crippen LogP contribution is -2.33. The molecule has 1 saturated heterocycles. The molecule has 0 saturated carbocycles. The van der Waals surface area contributed by atoms with Crippen LogP contribution in [0.1, 0.15) is 37.7 Å². The summed E-state index contributed by atoms with van der Waals surface area (Å²) in [6.07, 6.45) is -1.07. The van der Waals surface area contributed by atoms with Gasteiger partial charge in [0.15, 0.2) is 5.82 Å². The number of likely N-dealkylation sites (tertiary alicyclic amines) is 1. The van der Waals surface area contributed by atoms with Gasteiger partial charge >= 0.3 is 5.97 Å². The molecule has 0 spiro atoms. The molecule has 1 aliphatic rings. The molecule has 1 aromatic carbocycles. The van der Waals surface area contributed by atoms with Crippen molar-refractivity contribution in [3.05, 3.63) is 47.7 Å². The fraction of sp³-hybridized carbons (Fsp3) is 0.400. The van der Waals surface area contributed by atoms with Crippen molar-refractivity contribution in [2.45, 2.75) is 39.3 Å². The first-order valence-corrected chi connectivity index (χ1v) is 9.14. The number of esters is 1. The predicted molar refractivity (Wildman–Crippen MR) is 100 cm³/mol. The van der Waals surface area contributed by atoms with E-state index in [0.29, 0.717) is 17.9 Å². The monoisotopic (exact) mass is 385 g/mol. The molecule has 8 heteroatoms. The minimum absolute atomic E-state index is 0.00826. The highest BCUT2D eigenvalue weighted by Crippen LogP contribution is 2.26. The number of rotatable bonds is 6. The number of anilines is 1. The van der Waals surface area contributed by atoms with E-state index in [2.05, 4.69) is 10.5 Å². The summed E-state index contributed by atoms with van der Waals surface area (Å²) in [6.45, 7) is 5.79. The molecule has 1 aliphatic heterocycles. The minimum Gasteiger partial charge on any atom is -0.447 e. The van der Waals surface area contributed by atoms with Crippen molar-refractivity contribution in [2.24, 2.45) is 5.92 Å². The number of benzene rings is 1. The van der Waals surface area contributed by atoms with Crippen molar-refractivity contribution in [3.63, 3.8) is 0 Å². The van der Waals surface area contributed by atoms with Gasteiger partial charge in [-0.1, -0.05) is 35.5 Å². The lowest BCUT2D eigenvalue weighted by atomic mass is 10.1. The average Bonchev–Trinajstić information content (AvgIpc) is 3.25. The van der Waals surface area contributed by atoms with Crippen molar-refractivity contribution in [2.75, 3.05) is 11.9 Å². The van der Waals surface area contributed by atoms with E-state index in [1.54, 1.807) is 48.2 Å². The van der Waals surface area contributed by atoms with Crippen molar-refractivity contribution in [1.29, 1.82) is 0 Å². The van der Waals surface area contributed by atoms with E-state index in [1.165, 1.54) is 0 Å². The predicted octanol–water partition coefficient (Wildman–Crippen LogP) is 2.46. The van der Waals surface area contributed by atoms with Gasteiger partial charge < -0.3 is 19.5 Å². The molecular formula is C20H23N3O5. The maximum atomic E-state index is 12.8. The Morgan fingerprint density at radius 3 is 2.57 bits per heavy atom. The van der Waals surface area contributed by atoms with Crippen LogP contribution in [-0.4, -0.2) is 40.4 Å². The van der Waals surface area contributed by atoms with Gasteiger partial charge in [0.25, 0.3) is 5.91 Å². The lowest BCUT2D eigenvalue weighted by Gasteiger charge is -2.22. The molecule has 2 heterocycles. The number of amides is 2. The van der Waals surface area contributed by atoms with Gasteiger partial charge in [-0.05, 0) is 20.8 Å². The third-order valence-corrected chi connectivity index (χ3v) is 4.57. The van der Waals surface area contributed by atoms with Gasteiger partial charge in [0.05, 0.1) is 5.92 Å². The smallest absolute Gasteiger partial charge is 0.312 e. The van der Waals surface area contributed by atoms with Crippen LogP contribution in [0.3, 0.4) is 0 Å². The van der Waals surface area contributed by atoms with Gasteiger partial charge in [0.2, 0.25) is 12.0 Å². The van der Waals surface area contributed by atoms with E-state index in [0.717, 1.165) is 0 Å². The van der Waals surface area contributed by atoms with Crippen molar-refractivity contribution < 1.29 is 23.6 Å². The Hall–Kier alpha value is -3.16. The second-order valence-corrected chi connectivity index (χ2v) is 7.08. The molecule has 8 nitrogen and oxygen atoms in total. The number of carbonyl (C=O) groups excluding carboxylic acids is 3. The molecule has 2 unspecified atom stereocenters. The topological polar surface area (TPSA) is 102 Å². The van der Waals surface area contributed by atoms with Gasteiger partial charge in [-0.15, -0.1) is 0 Å². The molecule has 148 valence electrons. The number of hydrogen-bond donors (Lipinski definition) is 1. The first-order chi connectivity index (χ1) is 13.3. The van der Waals surface area contributed by atoms with Crippen molar-refractivity contribution in [3.8, 4) is 0 Å².